The Morgan fingerprint density at radius 3 is 2.21 bits per heavy atom. The van der Waals surface area contributed by atoms with Crippen LogP contribution in [-0.2, 0) is 20.8 Å². The topological polar surface area (TPSA) is 167 Å². The third-order valence-corrected chi connectivity index (χ3v) is 5.66. The fourth-order valence-electron chi connectivity index (χ4n) is 3.75. The molecule has 0 radical (unpaired) electrons. The molecule has 2 heterocycles. The van der Waals surface area contributed by atoms with Gasteiger partial charge in [-0.15, -0.1) is 0 Å². The van der Waals surface area contributed by atoms with E-state index in [9.17, 15) is 19.5 Å². The molecule has 0 saturated carbocycles. The van der Waals surface area contributed by atoms with Gasteiger partial charge >= 0.3 is 11.9 Å². The summed E-state index contributed by atoms with van der Waals surface area (Å²) < 4.78 is 0. The number of nitrogens with one attached hydrogen (secondary N) is 3. The predicted octanol–water partition coefficient (Wildman–Crippen LogP) is 2.02. The fraction of sp³-hybridized carbons (Fsp3) is 0.333. The Labute approximate surface area is 190 Å². The molecule has 2 aromatic rings. The molecule has 2 rings (SSSR count). The van der Waals surface area contributed by atoms with Crippen LogP contribution in [0.1, 0.15) is 54.1 Å². The van der Waals surface area contributed by atoms with E-state index >= 15 is 0 Å². The maximum atomic E-state index is 12.0. The fourth-order valence-corrected chi connectivity index (χ4v) is 3.75. The number of hydrogen-bond acceptors (Lipinski definition) is 5. The van der Waals surface area contributed by atoms with Crippen LogP contribution in [0.4, 0.5) is 0 Å². The van der Waals surface area contributed by atoms with Crippen molar-refractivity contribution in [2.75, 3.05) is 0 Å². The summed E-state index contributed by atoms with van der Waals surface area (Å²) in [5.41, 5.74) is 3.41. The van der Waals surface area contributed by atoms with E-state index < -0.39 is 17.9 Å². The van der Waals surface area contributed by atoms with Crippen LogP contribution >= 0.6 is 0 Å². The minimum Gasteiger partial charge on any atom is -0.494 e. The summed E-state index contributed by atoms with van der Waals surface area (Å²) in [4.78, 5) is 40.2. The third kappa shape index (κ3) is 6.09. The molecule has 33 heavy (non-hydrogen) atoms. The molecule has 0 aliphatic rings. The molecule has 1 atom stereocenters. The van der Waals surface area contributed by atoms with Crippen molar-refractivity contribution < 1.29 is 29.7 Å². The zero-order valence-electron chi connectivity index (χ0n) is 18.9. The van der Waals surface area contributed by atoms with Crippen molar-refractivity contribution in [2.24, 2.45) is 5.92 Å². The first-order chi connectivity index (χ1) is 15.5. The Kier molecular flexibility index (Phi) is 8.17. The number of aliphatic carboxylic acids is 2. The second-order valence-electron chi connectivity index (χ2n) is 7.92. The molecule has 6 N–H and O–H groups in total. The molecule has 1 unspecified atom stereocenters. The van der Waals surface area contributed by atoms with Crippen molar-refractivity contribution in [3.8, 4) is 5.88 Å². The average Bonchev–Trinajstić information content (AvgIpc) is 3.14. The van der Waals surface area contributed by atoms with Gasteiger partial charge < -0.3 is 30.7 Å². The Hall–Kier alpha value is -3.88. The van der Waals surface area contributed by atoms with Gasteiger partial charge in [0.1, 0.15) is 5.78 Å². The van der Waals surface area contributed by atoms with Gasteiger partial charge in [-0.25, -0.2) is 0 Å². The molecule has 9 heteroatoms. The predicted molar refractivity (Wildman–Crippen MR) is 125 cm³/mol. The summed E-state index contributed by atoms with van der Waals surface area (Å²) in [7, 11) is 0. The van der Waals surface area contributed by atoms with Gasteiger partial charge in [-0.05, 0) is 62.5 Å². The second kappa shape index (κ2) is 10.6. The smallest absolute Gasteiger partial charge is 0.303 e. The number of aromatic hydroxyl groups is 1. The first-order valence-electron chi connectivity index (χ1n) is 10.4. The van der Waals surface area contributed by atoms with Crippen LogP contribution in [-0.4, -0.2) is 48.7 Å². The summed E-state index contributed by atoms with van der Waals surface area (Å²) in [6.07, 6.45) is 4.63. The Balaban J connectivity index is 2.62. The molecule has 0 fully saturated rings. The third-order valence-electron chi connectivity index (χ3n) is 5.66. The number of H-pyrrole nitrogens is 2. The Morgan fingerprint density at radius 1 is 1.06 bits per heavy atom. The quantitative estimate of drug-likeness (QED) is 0.283. The summed E-state index contributed by atoms with van der Waals surface area (Å²) >= 11 is 0. The SMILES string of the molecule is C=Cc1c(O)[nH]c(/C=c2/[nH]/c(=C/C(=N)C(CCC(=O)O)C(C)=O)c(CCC(=O)O)c2C)c1C. The van der Waals surface area contributed by atoms with Gasteiger partial charge in [0.25, 0.3) is 0 Å². The second-order valence-corrected chi connectivity index (χ2v) is 7.92. The standard InChI is InChI=1S/C24H29N3O6/c1-5-15-12(2)20(27-24(15)33)11-19-13(3)16(6-8-22(29)30)21(26-19)10-18(25)17(14(4)28)7-9-23(31)32/h5,10-11,17,25-27,33H,1,6-9H2,2-4H3,(H,29,30)(H,31,32)/b19-11+,21-10+,25-18?. The minimum absolute atomic E-state index is 0.00834. The summed E-state index contributed by atoms with van der Waals surface area (Å²) in [6, 6.07) is 0. The molecule has 0 aliphatic heterocycles. The molecule has 0 aliphatic carbocycles. The van der Waals surface area contributed by atoms with E-state index in [2.05, 4.69) is 16.5 Å². The highest BCUT2D eigenvalue weighted by molar-refractivity contribution is 6.18. The molecule has 0 spiro atoms. The van der Waals surface area contributed by atoms with Gasteiger partial charge in [0.15, 0.2) is 5.88 Å². The lowest BCUT2D eigenvalue weighted by Crippen LogP contribution is -2.24. The molecule has 0 aromatic carbocycles. The van der Waals surface area contributed by atoms with Crippen LogP contribution in [0.25, 0.3) is 18.2 Å². The average molecular weight is 456 g/mol. The van der Waals surface area contributed by atoms with Gasteiger partial charge in [-0.2, -0.15) is 0 Å². The van der Waals surface area contributed by atoms with Gasteiger partial charge in [-0.1, -0.05) is 12.7 Å². The number of carbonyl (C=O) groups excluding carboxylic acids is 1. The number of carbonyl (C=O) groups is 3. The van der Waals surface area contributed by atoms with Crippen molar-refractivity contribution in [3.63, 3.8) is 0 Å². The number of hydrogen-bond donors (Lipinski definition) is 6. The monoisotopic (exact) mass is 455 g/mol. The molecular formula is C24H29N3O6. The molecular weight excluding hydrogens is 426 g/mol. The van der Waals surface area contributed by atoms with Crippen molar-refractivity contribution >= 4 is 41.7 Å². The first kappa shape index (κ1) is 25.4. The Morgan fingerprint density at radius 2 is 1.70 bits per heavy atom. The van der Waals surface area contributed by atoms with Gasteiger partial charge in [-0.3, -0.25) is 14.4 Å². The van der Waals surface area contributed by atoms with E-state index in [0.29, 0.717) is 27.5 Å². The number of aromatic amines is 2. The number of Topliss-reactive ketones (excluding diaryl/α,β-unsaturated/α-hetero) is 1. The van der Waals surface area contributed by atoms with Crippen LogP contribution in [0.5, 0.6) is 5.88 Å². The lowest BCUT2D eigenvalue weighted by Gasteiger charge is -2.11. The number of rotatable bonds is 11. The maximum absolute atomic E-state index is 12.0. The van der Waals surface area contributed by atoms with E-state index in [1.54, 1.807) is 6.08 Å². The van der Waals surface area contributed by atoms with Crippen molar-refractivity contribution in [1.29, 1.82) is 5.41 Å². The van der Waals surface area contributed by atoms with E-state index in [0.717, 1.165) is 11.1 Å². The normalized spacial score (nSPS) is 13.2. The molecule has 0 amide bonds. The number of carboxylic acids is 2. The molecule has 9 nitrogen and oxygen atoms in total. The minimum atomic E-state index is -1.05. The van der Waals surface area contributed by atoms with Crippen LogP contribution in [0.15, 0.2) is 6.58 Å². The number of aromatic nitrogens is 2. The van der Waals surface area contributed by atoms with Crippen LogP contribution in [0.2, 0.25) is 0 Å². The van der Waals surface area contributed by atoms with E-state index in [4.69, 9.17) is 15.6 Å². The van der Waals surface area contributed by atoms with Gasteiger partial charge in [0.2, 0.25) is 0 Å². The molecule has 2 aromatic heterocycles. The summed E-state index contributed by atoms with van der Waals surface area (Å²) in [6.45, 7) is 8.65. The van der Waals surface area contributed by atoms with Crippen molar-refractivity contribution in [3.05, 3.63) is 45.2 Å². The molecule has 0 bridgehead atoms. The van der Waals surface area contributed by atoms with Gasteiger partial charge in [0.05, 0.1) is 5.92 Å². The largest absolute Gasteiger partial charge is 0.494 e. The highest BCUT2D eigenvalue weighted by Crippen LogP contribution is 2.25. The van der Waals surface area contributed by atoms with Crippen LogP contribution in [0, 0.1) is 25.2 Å². The zero-order chi connectivity index (χ0) is 24.9. The van der Waals surface area contributed by atoms with Gasteiger partial charge in [0, 0.05) is 40.5 Å². The maximum Gasteiger partial charge on any atom is 0.303 e. The number of carboxylic acid groups (broad SMARTS) is 2. The zero-order valence-corrected chi connectivity index (χ0v) is 18.9. The van der Waals surface area contributed by atoms with Crippen molar-refractivity contribution in [1.82, 2.24) is 9.97 Å². The van der Waals surface area contributed by atoms with Crippen LogP contribution < -0.4 is 10.7 Å². The number of ketones is 1. The lowest BCUT2D eigenvalue weighted by molar-refractivity contribution is -0.138. The lowest BCUT2D eigenvalue weighted by atomic mass is 9.93. The van der Waals surface area contributed by atoms with Crippen LogP contribution in [0.3, 0.4) is 0 Å². The first-order valence-corrected chi connectivity index (χ1v) is 10.4. The molecule has 176 valence electrons. The van der Waals surface area contributed by atoms with E-state index in [1.807, 2.05) is 13.8 Å². The van der Waals surface area contributed by atoms with E-state index in [-0.39, 0.29) is 43.1 Å². The molecule has 0 saturated heterocycles. The highest BCUT2D eigenvalue weighted by Gasteiger charge is 2.20. The van der Waals surface area contributed by atoms with E-state index in [1.165, 1.54) is 19.1 Å². The Bertz CT molecular complexity index is 1230. The highest BCUT2D eigenvalue weighted by atomic mass is 16.4. The summed E-state index contributed by atoms with van der Waals surface area (Å²) in [5, 5.41) is 37.7. The van der Waals surface area contributed by atoms with Crippen molar-refractivity contribution in [2.45, 2.75) is 46.5 Å². The summed E-state index contributed by atoms with van der Waals surface area (Å²) in [5.74, 6) is -3.21.